The Balaban J connectivity index is 1.28. The Morgan fingerprint density at radius 2 is 1.85 bits per heavy atom. The third kappa shape index (κ3) is 5.01. The van der Waals surface area contributed by atoms with Gasteiger partial charge in [-0.15, -0.1) is 0 Å². The van der Waals surface area contributed by atoms with E-state index in [1.165, 1.54) is 39.1 Å². The van der Waals surface area contributed by atoms with Gasteiger partial charge >= 0.3 is 0 Å². The van der Waals surface area contributed by atoms with E-state index >= 15 is 0 Å². The van der Waals surface area contributed by atoms with Crippen LogP contribution in [0.25, 0.3) is 12.2 Å². The van der Waals surface area contributed by atoms with E-state index < -0.39 is 0 Å². The standard InChI is InChI=1S/C30H28N4/c1-23-4-2-5-24(16-23)12-13-27-6-3-7-28-20-33(15-14-30(27)28)21-29-18-32-22-34(29)19-26-10-8-25(17-31)9-11-26/h2-13,16,18,22H,14-15,19-21H2,1H3. The number of hydrogen-bond donors (Lipinski definition) is 0. The minimum absolute atomic E-state index is 0.690. The van der Waals surface area contributed by atoms with Crippen molar-refractivity contribution in [2.45, 2.75) is 33.0 Å². The molecule has 2 heterocycles. The Bertz CT molecular complexity index is 1360. The van der Waals surface area contributed by atoms with Crippen molar-refractivity contribution >= 4 is 12.2 Å². The third-order valence-corrected chi connectivity index (χ3v) is 6.50. The molecule has 4 heteroatoms. The molecule has 0 saturated carbocycles. The number of aromatic nitrogens is 2. The van der Waals surface area contributed by atoms with E-state index in [1.807, 2.05) is 36.8 Å². The van der Waals surface area contributed by atoms with Crippen molar-refractivity contribution in [2.75, 3.05) is 6.54 Å². The van der Waals surface area contributed by atoms with Gasteiger partial charge < -0.3 is 4.57 Å². The van der Waals surface area contributed by atoms with Gasteiger partial charge in [-0.3, -0.25) is 4.90 Å². The number of hydrogen-bond acceptors (Lipinski definition) is 3. The van der Waals surface area contributed by atoms with Crippen molar-refractivity contribution in [2.24, 2.45) is 0 Å². The zero-order chi connectivity index (χ0) is 23.3. The van der Waals surface area contributed by atoms with E-state index in [0.29, 0.717) is 5.56 Å². The minimum atomic E-state index is 0.690. The average molecular weight is 445 g/mol. The highest BCUT2D eigenvalue weighted by molar-refractivity contribution is 5.72. The minimum Gasteiger partial charge on any atom is -0.329 e. The SMILES string of the molecule is Cc1cccc(C=Cc2cccc3c2CCN(Cc2cncn2Cc2ccc(C#N)cc2)C3)c1. The van der Waals surface area contributed by atoms with Crippen LogP contribution in [0.3, 0.4) is 0 Å². The van der Waals surface area contributed by atoms with Crippen LogP contribution in [0.4, 0.5) is 0 Å². The fourth-order valence-corrected chi connectivity index (χ4v) is 4.68. The number of benzene rings is 3. The van der Waals surface area contributed by atoms with Gasteiger partial charge in [-0.1, -0.05) is 72.3 Å². The quantitative estimate of drug-likeness (QED) is 0.351. The highest BCUT2D eigenvalue weighted by Crippen LogP contribution is 2.25. The van der Waals surface area contributed by atoms with Gasteiger partial charge in [0.15, 0.2) is 0 Å². The van der Waals surface area contributed by atoms with Crippen molar-refractivity contribution in [3.05, 3.63) is 124 Å². The van der Waals surface area contributed by atoms with E-state index in [1.54, 1.807) is 0 Å². The lowest BCUT2D eigenvalue weighted by molar-refractivity contribution is 0.239. The van der Waals surface area contributed by atoms with Gasteiger partial charge in [0.2, 0.25) is 0 Å². The number of aryl methyl sites for hydroxylation is 1. The molecule has 1 aliphatic rings. The van der Waals surface area contributed by atoms with Crippen molar-refractivity contribution in [3.8, 4) is 6.07 Å². The zero-order valence-corrected chi connectivity index (χ0v) is 19.5. The molecule has 0 radical (unpaired) electrons. The maximum absolute atomic E-state index is 9.02. The summed E-state index contributed by atoms with van der Waals surface area (Å²) in [6, 6.07) is 25.2. The molecule has 1 aliphatic heterocycles. The summed E-state index contributed by atoms with van der Waals surface area (Å²) in [4.78, 5) is 6.91. The number of nitriles is 1. The Morgan fingerprint density at radius 1 is 1.00 bits per heavy atom. The van der Waals surface area contributed by atoms with Crippen LogP contribution in [0, 0.1) is 18.3 Å². The lowest BCUT2D eigenvalue weighted by Crippen LogP contribution is -2.31. The van der Waals surface area contributed by atoms with Crippen LogP contribution in [0.5, 0.6) is 0 Å². The van der Waals surface area contributed by atoms with E-state index in [4.69, 9.17) is 5.26 Å². The first kappa shape index (κ1) is 21.9. The monoisotopic (exact) mass is 444 g/mol. The highest BCUT2D eigenvalue weighted by atomic mass is 15.2. The Hall–Kier alpha value is -3.94. The maximum Gasteiger partial charge on any atom is 0.0991 e. The molecule has 4 aromatic rings. The van der Waals surface area contributed by atoms with Crippen molar-refractivity contribution < 1.29 is 0 Å². The molecular formula is C30H28N4. The second-order valence-electron chi connectivity index (χ2n) is 9.01. The fourth-order valence-electron chi connectivity index (χ4n) is 4.68. The van der Waals surface area contributed by atoms with E-state index in [2.05, 4.69) is 82.1 Å². The summed E-state index contributed by atoms with van der Waals surface area (Å²) in [7, 11) is 0. The maximum atomic E-state index is 9.02. The first-order chi connectivity index (χ1) is 16.7. The fraction of sp³-hybridized carbons (Fsp3) is 0.200. The van der Waals surface area contributed by atoms with E-state index in [9.17, 15) is 0 Å². The van der Waals surface area contributed by atoms with Crippen LogP contribution in [0.1, 0.15) is 44.6 Å². The summed E-state index contributed by atoms with van der Waals surface area (Å²) in [5, 5.41) is 9.02. The van der Waals surface area contributed by atoms with Crippen LogP contribution in [0.15, 0.2) is 79.3 Å². The first-order valence-electron chi connectivity index (χ1n) is 11.7. The van der Waals surface area contributed by atoms with Gasteiger partial charge in [0, 0.05) is 32.4 Å². The summed E-state index contributed by atoms with van der Waals surface area (Å²) in [5.74, 6) is 0. The van der Waals surface area contributed by atoms with Crippen LogP contribution >= 0.6 is 0 Å². The van der Waals surface area contributed by atoms with Gasteiger partial charge in [0.25, 0.3) is 0 Å². The van der Waals surface area contributed by atoms with Crippen LogP contribution in [0.2, 0.25) is 0 Å². The van der Waals surface area contributed by atoms with Gasteiger partial charge in [0.05, 0.1) is 23.7 Å². The Labute approximate surface area is 201 Å². The second-order valence-corrected chi connectivity index (χ2v) is 9.01. The molecule has 1 aromatic heterocycles. The molecular weight excluding hydrogens is 416 g/mol. The predicted octanol–water partition coefficient (Wildman–Crippen LogP) is 5.84. The summed E-state index contributed by atoms with van der Waals surface area (Å²) < 4.78 is 2.21. The molecule has 0 saturated heterocycles. The normalized spacial score (nSPS) is 13.6. The number of rotatable bonds is 6. The average Bonchev–Trinajstić information content (AvgIpc) is 3.29. The lowest BCUT2D eigenvalue weighted by atomic mass is 9.94. The summed E-state index contributed by atoms with van der Waals surface area (Å²) in [6.07, 6.45) is 9.40. The third-order valence-electron chi connectivity index (χ3n) is 6.50. The molecule has 0 spiro atoms. The predicted molar refractivity (Wildman–Crippen MR) is 137 cm³/mol. The molecule has 0 aliphatic carbocycles. The van der Waals surface area contributed by atoms with Crippen LogP contribution in [-0.4, -0.2) is 21.0 Å². The first-order valence-corrected chi connectivity index (χ1v) is 11.7. The Morgan fingerprint density at radius 3 is 2.68 bits per heavy atom. The van der Waals surface area contributed by atoms with Crippen molar-refractivity contribution in [1.29, 1.82) is 5.26 Å². The van der Waals surface area contributed by atoms with Crippen molar-refractivity contribution in [1.82, 2.24) is 14.5 Å². The molecule has 0 bridgehead atoms. The molecule has 0 atom stereocenters. The van der Waals surface area contributed by atoms with Crippen LogP contribution < -0.4 is 0 Å². The van der Waals surface area contributed by atoms with Crippen molar-refractivity contribution in [3.63, 3.8) is 0 Å². The molecule has 0 fully saturated rings. The number of imidazole rings is 1. The van der Waals surface area contributed by atoms with E-state index in [0.717, 1.165) is 32.6 Å². The molecule has 5 rings (SSSR count). The Kier molecular flexibility index (Phi) is 6.38. The topological polar surface area (TPSA) is 44.9 Å². The highest BCUT2D eigenvalue weighted by Gasteiger charge is 2.19. The van der Waals surface area contributed by atoms with Gasteiger partial charge in [-0.25, -0.2) is 4.98 Å². The molecule has 0 unspecified atom stereocenters. The molecule has 34 heavy (non-hydrogen) atoms. The summed E-state index contributed by atoms with van der Waals surface area (Å²) >= 11 is 0. The summed E-state index contributed by atoms with van der Waals surface area (Å²) in [5.41, 5.74) is 9.80. The van der Waals surface area contributed by atoms with E-state index in [-0.39, 0.29) is 0 Å². The molecule has 168 valence electrons. The van der Waals surface area contributed by atoms with Gasteiger partial charge in [-0.2, -0.15) is 5.26 Å². The molecule has 0 amide bonds. The molecule has 3 aromatic carbocycles. The zero-order valence-electron chi connectivity index (χ0n) is 19.5. The van der Waals surface area contributed by atoms with Crippen LogP contribution in [-0.2, 0) is 26.1 Å². The second kappa shape index (κ2) is 9.91. The number of fused-ring (bicyclic) bond motifs is 1. The number of nitrogens with zero attached hydrogens (tertiary/aromatic N) is 4. The largest absolute Gasteiger partial charge is 0.329 e. The summed E-state index contributed by atoms with van der Waals surface area (Å²) in [6.45, 7) is 5.75. The van der Waals surface area contributed by atoms with Gasteiger partial charge in [-0.05, 0) is 53.3 Å². The lowest BCUT2D eigenvalue weighted by Gasteiger charge is -2.30. The van der Waals surface area contributed by atoms with Gasteiger partial charge in [0.1, 0.15) is 0 Å². The molecule has 4 nitrogen and oxygen atoms in total. The molecule has 0 N–H and O–H groups in total. The smallest absolute Gasteiger partial charge is 0.0991 e.